The fourth-order valence-corrected chi connectivity index (χ4v) is 3.61. The molecule has 3 aromatic rings. The van der Waals surface area contributed by atoms with Crippen LogP contribution in [-0.2, 0) is 4.79 Å². The van der Waals surface area contributed by atoms with E-state index in [1.165, 1.54) is 11.8 Å². The number of carbonyl (C=O) groups is 1. The van der Waals surface area contributed by atoms with Crippen LogP contribution >= 0.6 is 39.0 Å². The van der Waals surface area contributed by atoms with Gasteiger partial charge in [0.05, 0.1) is 22.5 Å². The van der Waals surface area contributed by atoms with Gasteiger partial charge in [0, 0.05) is 9.85 Å². The predicted octanol–water partition coefficient (Wildman–Crippen LogP) is 4.03. The summed E-state index contributed by atoms with van der Waals surface area (Å²) >= 11 is 6.25. The zero-order valence-electron chi connectivity index (χ0n) is 10.1. The minimum atomic E-state index is -0.847. The second-order valence-electron chi connectivity index (χ2n) is 4.03. The molecule has 2 aromatic heterocycles. The van der Waals surface area contributed by atoms with Crippen molar-refractivity contribution < 1.29 is 9.90 Å². The molecule has 7 heteroatoms. The van der Waals surface area contributed by atoms with Crippen LogP contribution in [0.25, 0.3) is 16.7 Å². The molecular formula is C13H9BrN2O2S2. The maximum atomic E-state index is 10.8. The number of carboxylic acid groups (broad SMARTS) is 1. The van der Waals surface area contributed by atoms with Crippen molar-refractivity contribution in [1.29, 1.82) is 0 Å². The number of thiophene rings is 1. The van der Waals surface area contributed by atoms with E-state index in [4.69, 9.17) is 5.11 Å². The van der Waals surface area contributed by atoms with E-state index in [0.29, 0.717) is 5.16 Å². The summed E-state index contributed by atoms with van der Waals surface area (Å²) < 4.78 is 2.95. The van der Waals surface area contributed by atoms with Gasteiger partial charge in [-0.15, -0.1) is 0 Å². The molecule has 20 heavy (non-hydrogen) atoms. The molecule has 0 bridgehead atoms. The smallest absolute Gasteiger partial charge is 0.313 e. The quantitative estimate of drug-likeness (QED) is 0.706. The number of hydrogen-bond acceptors (Lipinski definition) is 4. The van der Waals surface area contributed by atoms with Gasteiger partial charge in [-0.2, -0.15) is 11.3 Å². The predicted molar refractivity (Wildman–Crippen MR) is 85.0 cm³/mol. The second kappa shape index (κ2) is 5.59. The zero-order chi connectivity index (χ0) is 14.1. The Morgan fingerprint density at radius 2 is 2.30 bits per heavy atom. The molecule has 4 nitrogen and oxygen atoms in total. The standard InChI is InChI=1S/C13H9BrN2O2S2/c14-8-1-2-11-10(5-8)15-13(20-7-12(17)18)16(11)9-3-4-19-6-9/h1-6H,7H2,(H,17,18). The number of thioether (sulfide) groups is 1. The number of halogens is 1. The van der Waals surface area contributed by atoms with Gasteiger partial charge in [0.1, 0.15) is 0 Å². The van der Waals surface area contributed by atoms with Gasteiger partial charge in [0.15, 0.2) is 5.16 Å². The normalized spacial score (nSPS) is 11.1. The number of imidazole rings is 1. The average Bonchev–Trinajstić information content (AvgIpc) is 3.01. The number of aromatic nitrogens is 2. The summed E-state index contributed by atoms with van der Waals surface area (Å²) in [5.41, 5.74) is 2.82. The van der Waals surface area contributed by atoms with Crippen LogP contribution in [0.15, 0.2) is 44.7 Å². The van der Waals surface area contributed by atoms with Crippen LogP contribution in [0.4, 0.5) is 0 Å². The third kappa shape index (κ3) is 2.61. The first-order valence-corrected chi connectivity index (χ1v) is 8.42. The van der Waals surface area contributed by atoms with Gasteiger partial charge in [-0.1, -0.05) is 27.7 Å². The molecule has 102 valence electrons. The maximum absolute atomic E-state index is 10.8. The van der Waals surface area contributed by atoms with Crippen LogP contribution in [0.3, 0.4) is 0 Å². The number of rotatable bonds is 4. The van der Waals surface area contributed by atoms with Crippen LogP contribution in [0, 0.1) is 0 Å². The Hall–Kier alpha value is -1.31. The molecule has 0 amide bonds. The van der Waals surface area contributed by atoms with Crippen LogP contribution in [0.2, 0.25) is 0 Å². The van der Waals surface area contributed by atoms with Crippen LogP contribution in [0.1, 0.15) is 0 Å². The first-order chi connectivity index (χ1) is 9.65. The highest BCUT2D eigenvalue weighted by Crippen LogP contribution is 2.30. The largest absolute Gasteiger partial charge is 0.481 e. The minimum absolute atomic E-state index is 0.00533. The van der Waals surface area contributed by atoms with Crippen molar-refractivity contribution in [3.63, 3.8) is 0 Å². The highest BCUT2D eigenvalue weighted by atomic mass is 79.9. The summed E-state index contributed by atoms with van der Waals surface area (Å²) in [6.45, 7) is 0. The lowest BCUT2D eigenvalue weighted by molar-refractivity contribution is -0.133. The van der Waals surface area contributed by atoms with Gasteiger partial charge in [-0.3, -0.25) is 9.36 Å². The van der Waals surface area contributed by atoms with E-state index < -0.39 is 5.97 Å². The van der Waals surface area contributed by atoms with Crippen LogP contribution in [-0.4, -0.2) is 26.4 Å². The van der Waals surface area contributed by atoms with Crippen LogP contribution in [0.5, 0.6) is 0 Å². The molecule has 1 aromatic carbocycles. The zero-order valence-corrected chi connectivity index (χ0v) is 13.3. The van der Waals surface area contributed by atoms with E-state index in [0.717, 1.165) is 21.2 Å². The summed E-state index contributed by atoms with van der Waals surface area (Å²) in [4.78, 5) is 15.3. The van der Waals surface area contributed by atoms with Crippen molar-refractivity contribution in [2.45, 2.75) is 5.16 Å². The van der Waals surface area contributed by atoms with Crippen molar-refractivity contribution in [3.05, 3.63) is 39.5 Å². The molecule has 0 aliphatic carbocycles. The molecule has 0 radical (unpaired) electrons. The number of nitrogens with zero attached hydrogens (tertiary/aromatic N) is 2. The first kappa shape index (κ1) is 13.7. The lowest BCUT2D eigenvalue weighted by Crippen LogP contribution is -2.01. The van der Waals surface area contributed by atoms with Gasteiger partial charge >= 0.3 is 5.97 Å². The molecule has 3 rings (SSSR count). The Bertz CT molecular complexity index is 768. The first-order valence-electron chi connectivity index (χ1n) is 5.70. The summed E-state index contributed by atoms with van der Waals surface area (Å²) in [6, 6.07) is 7.87. The summed E-state index contributed by atoms with van der Waals surface area (Å²) in [5.74, 6) is -0.852. The number of aliphatic carboxylic acids is 1. The number of fused-ring (bicyclic) bond motifs is 1. The molecule has 1 N–H and O–H groups in total. The third-order valence-electron chi connectivity index (χ3n) is 2.67. The summed E-state index contributed by atoms with van der Waals surface area (Å²) in [7, 11) is 0. The molecule has 0 saturated heterocycles. The topological polar surface area (TPSA) is 55.1 Å². The summed E-state index contributed by atoms with van der Waals surface area (Å²) in [6.07, 6.45) is 0. The van der Waals surface area contributed by atoms with E-state index in [1.54, 1.807) is 11.3 Å². The van der Waals surface area contributed by atoms with Crippen molar-refractivity contribution >= 4 is 56.0 Å². The average molecular weight is 369 g/mol. The number of carboxylic acids is 1. The molecule has 0 saturated carbocycles. The maximum Gasteiger partial charge on any atom is 0.313 e. The lowest BCUT2D eigenvalue weighted by Gasteiger charge is -2.05. The number of hydrogen-bond donors (Lipinski definition) is 1. The Morgan fingerprint density at radius 1 is 1.45 bits per heavy atom. The minimum Gasteiger partial charge on any atom is -0.481 e. The Labute approximate surface area is 131 Å². The summed E-state index contributed by atoms with van der Waals surface area (Å²) in [5, 5.41) is 13.6. The molecule has 0 aliphatic heterocycles. The lowest BCUT2D eigenvalue weighted by atomic mass is 10.3. The molecule has 0 aliphatic rings. The van der Waals surface area contributed by atoms with E-state index in [1.807, 2.05) is 39.6 Å². The molecular weight excluding hydrogens is 360 g/mol. The Balaban J connectivity index is 2.16. The second-order valence-corrected chi connectivity index (χ2v) is 6.66. The van der Waals surface area contributed by atoms with Gasteiger partial charge < -0.3 is 5.11 Å². The van der Waals surface area contributed by atoms with Crippen molar-refractivity contribution in [2.24, 2.45) is 0 Å². The highest BCUT2D eigenvalue weighted by Gasteiger charge is 2.14. The van der Waals surface area contributed by atoms with E-state index in [9.17, 15) is 4.79 Å². The van der Waals surface area contributed by atoms with E-state index in [2.05, 4.69) is 20.9 Å². The SMILES string of the molecule is O=C(O)CSc1nc2cc(Br)ccc2n1-c1ccsc1. The van der Waals surface area contributed by atoms with Crippen molar-refractivity contribution in [2.75, 3.05) is 5.75 Å². The molecule has 0 fully saturated rings. The third-order valence-corrected chi connectivity index (χ3v) is 4.76. The fourth-order valence-electron chi connectivity index (χ4n) is 1.89. The Morgan fingerprint density at radius 3 is 3.00 bits per heavy atom. The van der Waals surface area contributed by atoms with Crippen molar-refractivity contribution in [1.82, 2.24) is 9.55 Å². The van der Waals surface area contributed by atoms with Crippen molar-refractivity contribution in [3.8, 4) is 5.69 Å². The van der Waals surface area contributed by atoms with Crippen LogP contribution < -0.4 is 0 Å². The number of benzene rings is 1. The van der Waals surface area contributed by atoms with Gasteiger partial charge in [-0.25, -0.2) is 4.98 Å². The van der Waals surface area contributed by atoms with Gasteiger partial charge in [0.2, 0.25) is 0 Å². The molecule has 0 atom stereocenters. The fraction of sp³-hybridized carbons (Fsp3) is 0.0769. The van der Waals surface area contributed by atoms with E-state index in [-0.39, 0.29) is 5.75 Å². The van der Waals surface area contributed by atoms with E-state index >= 15 is 0 Å². The Kier molecular flexibility index (Phi) is 3.82. The molecule has 0 unspecified atom stereocenters. The highest BCUT2D eigenvalue weighted by molar-refractivity contribution is 9.10. The monoisotopic (exact) mass is 368 g/mol. The molecule has 2 heterocycles. The van der Waals surface area contributed by atoms with Gasteiger partial charge in [-0.05, 0) is 29.6 Å². The molecule has 0 spiro atoms. The van der Waals surface area contributed by atoms with Gasteiger partial charge in [0.25, 0.3) is 0 Å².